The number of halogens is 2. The fourth-order valence-corrected chi connectivity index (χ4v) is 1.81. The predicted octanol–water partition coefficient (Wildman–Crippen LogP) is 4.57. The van der Waals surface area contributed by atoms with Gasteiger partial charge in [-0.15, -0.1) is 0 Å². The Hall–Kier alpha value is -1.12. The molecule has 0 atom stereocenters. The first-order valence-corrected chi connectivity index (χ1v) is 6.12. The second-order valence-corrected chi connectivity index (χ2v) is 4.88. The van der Waals surface area contributed by atoms with Crippen LogP contribution in [-0.4, -0.2) is 9.97 Å². The molecule has 2 rings (SSSR count). The van der Waals surface area contributed by atoms with Crippen LogP contribution in [0.25, 0.3) is 11.3 Å². The van der Waals surface area contributed by atoms with Crippen LogP contribution in [0.1, 0.15) is 25.5 Å². The highest BCUT2D eigenvalue weighted by Gasteiger charge is 2.08. The Labute approximate surface area is 111 Å². The van der Waals surface area contributed by atoms with Crippen molar-refractivity contribution < 1.29 is 0 Å². The highest BCUT2D eigenvalue weighted by Crippen LogP contribution is 2.24. The SMILES string of the molecule is CC(C)c1cc(-c2ccc(Cl)cc2)nc(Cl)n1. The molecule has 0 fully saturated rings. The van der Waals surface area contributed by atoms with Gasteiger partial charge in [-0.2, -0.15) is 0 Å². The summed E-state index contributed by atoms with van der Waals surface area (Å²) in [5.41, 5.74) is 2.75. The minimum absolute atomic E-state index is 0.279. The number of aromatic nitrogens is 2. The van der Waals surface area contributed by atoms with E-state index in [-0.39, 0.29) is 5.28 Å². The van der Waals surface area contributed by atoms with Gasteiger partial charge < -0.3 is 0 Å². The Morgan fingerprint density at radius 2 is 1.65 bits per heavy atom. The lowest BCUT2D eigenvalue weighted by Crippen LogP contribution is -1.97. The van der Waals surface area contributed by atoms with Crippen LogP contribution >= 0.6 is 23.2 Å². The van der Waals surface area contributed by atoms with E-state index in [0.29, 0.717) is 10.9 Å². The van der Waals surface area contributed by atoms with Gasteiger partial charge in [0.15, 0.2) is 0 Å². The molecule has 0 saturated carbocycles. The standard InChI is InChI=1S/C13H12Cl2N2/c1-8(2)11-7-12(17-13(15)16-11)9-3-5-10(14)6-4-9/h3-8H,1-2H3. The molecular weight excluding hydrogens is 255 g/mol. The Balaban J connectivity index is 2.48. The molecule has 1 aromatic carbocycles. The first kappa shape index (κ1) is 12.3. The molecule has 2 nitrogen and oxygen atoms in total. The van der Waals surface area contributed by atoms with Crippen LogP contribution in [0.2, 0.25) is 10.3 Å². The van der Waals surface area contributed by atoms with Crippen LogP contribution in [0.5, 0.6) is 0 Å². The lowest BCUT2D eigenvalue weighted by Gasteiger charge is -2.07. The molecule has 1 aromatic heterocycles. The van der Waals surface area contributed by atoms with Gasteiger partial charge in [0, 0.05) is 16.3 Å². The fourth-order valence-electron chi connectivity index (χ4n) is 1.50. The first-order chi connectivity index (χ1) is 8.06. The van der Waals surface area contributed by atoms with Crippen molar-refractivity contribution in [2.24, 2.45) is 0 Å². The summed E-state index contributed by atoms with van der Waals surface area (Å²) in [6, 6.07) is 9.47. The maximum atomic E-state index is 5.93. The first-order valence-electron chi connectivity index (χ1n) is 5.36. The smallest absolute Gasteiger partial charge is 0.223 e. The Kier molecular flexibility index (Phi) is 3.65. The number of benzene rings is 1. The van der Waals surface area contributed by atoms with Crippen molar-refractivity contribution in [2.45, 2.75) is 19.8 Å². The quantitative estimate of drug-likeness (QED) is 0.744. The van der Waals surface area contributed by atoms with Crippen LogP contribution in [0.3, 0.4) is 0 Å². The van der Waals surface area contributed by atoms with E-state index in [0.717, 1.165) is 17.0 Å². The summed E-state index contributed by atoms with van der Waals surface area (Å²) in [7, 11) is 0. The van der Waals surface area contributed by atoms with E-state index in [4.69, 9.17) is 23.2 Å². The summed E-state index contributed by atoms with van der Waals surface area (Å²) in [4.78, 5) is 8.43. The van der Waals surface area contributed by atoms with Crippen molar-refractivity contribution in [3.8, 4) is 11.3 Å². The molecule has 0 aliphatic heterocycles. The second kappa shape index (κ2) is 5.03. The van der Waals surface area contributed by atoms with Crippen molar-refractivity contribution in [3.05, 3.63) is 46.3 Å². The predicted molar refractivity (Wildman–Crippen MR) is 71.6 cm³/mol. The van der Waals surface area contributed by atoms with E-state index < -0.39 is 0 Å². The van der Waals surface area contributed by atoms with Crippen molar-refractivity contribution in [1.29, 1.82) is 0 Å². The third-order valence-corrected chi connectivity index (χ3v) is 2.87. The summed E-state index contributed by atoms with van der Waals surface area (Å²) < 4.78 is 0. The number of nitrogens with zero attached hydrogens (tertiary/aromatic N) is 2. The highest BCUT2D eigenvalue weighted by molar-refractivity contribution is 6.30. The van der Waals surface area contributed by atoms with Crippen molar-refractivity contribution in [3.63, 3.8) is 0 Å². The largest absolute Gasteiger partial charge is 0.223 e. The lowest BCUT2D eigenvalue weighted by atomic mass is 10.1. The maximum absolute atomic E-state index is 5.93. The van der Waals surface area contributed by atoms with Gasteiger partial charge in [-0.25, -0.2) is 9.97 Å². The van der Waals surface area contributed by atoms with Gasteiger partial charge in [0.05, 0.1) is 5.69 Å². The summed E-state index contributed by atoms with van der Waals surface area (Å²) in [6.07, 6.45) is 0. The fraction of sp³-hybridized carbons (Fsp3) is 0.231. The van der Waals surface area contributed by atoms with E-state index in [1.165, 1.54) is 0 Å². The Morgan fingerprint density at radius 3 is 2.24 bits per heavy atom. The summed E-state index contributed by atoms with van der Waals surface area (Å²) >= 11 is 11.8. The maximum Gasteiger partial charge on any atom is 0.223 e. The number of hydrogen-bond acceptors (Lipinski definition) is 2. The van der Waals surface area contributed by atoms with Crippen molar-refractivity contribution in [2.75, 3.05) is 0 Å². The third kappa shape index (κ3) is 2.96. The van der Waals surface area contributed by atoms with Crippen LogP contribution < -0.4 is 0 Å². The molecule has 1 heterocycles. The monoisotopic (exact) mass is 266 g/mol. The Bertz CT molecular complexity index is 521. The van der Waals surface area contributed by atoms with Gasteiger partial charge in [-0.3, -0.25) is 0 Å². The molecule has 0 unspecified atom stereocenters. The van der Waals surface area contributed by atoms with E-state index >= 15 is 0 Å². The average Bonchev–Trinajstić information content (AvgIpc) is 2.29. The minimum atomic E-state index is 0.279. The van der Waals surface area contributed by atoms with Gasteiger partial charge in [0.2, 0.25) is 5.28 Å². The average molecular weight is 267 g/mol. The molecular formula is C13H12Cl2N2. The summed E-state index contributed by atoms with van der Waals surface area (Å²) in [5.74, 6) is 0.321. The zero-order valence-electron chi connectivity index (χ0n) is 9.61. The zero-order chi connectivity index (χ0) is 12.4. The van der Waals surface area contributed by atoms with E-state index in [9.17, 15) is 0 Å². The van der Waals surface area contributed by atoms with E-state index in [2.05, 4.69) is 23.8 Å². The van der Waals surface area contributed by atoms with E-state index in [1.54, 1.807) is 0 Å². The minimum Gasteiger partial charge on any atom is -0.223 e. The molecule has 17 heavy (non-hydrogen) atoms. The molecule has 4 heteroatoms. The van der Waals surface area contributed by atoms with E-state index in [1.807, 2.05) is 30.3 Å². The zero-order valence-corrected chi connectivity index (χ0v) is 11.1. The summed E-state index contributed by atoms with van der Waals surface area (Å²) in [5, 5.41) is 0.985. The van der Waals surface area contributed by atoms with Crippen LogP contribution in [0.15, 0.2) is 30.3 Å². The molecule has 0 spiro atoms. The lowest BCUT2D eigenvalue weighted by molar-refractivity contribution is 0.815. The number of hydrogen-bond donors (Lipinski definition) is 0. The second-order valence-electron chi connectivity index (χ2n) is 4.11. The highest BCUT2D eigenvalue weighted by atomic mass is 35.5. The molecule has 2 aromatic rings. The number of rotatable bonds is 2. The molecule has 0 aliphatic rings. The molecule has 0 N–H and O–H groups in total. The normalized spacial score (nSPS) is 10.9. The van der Waals surface area contributed by atoms with Gasteiger partial charge in [-0.05, 0) is 35.7 Å². The molecule has 0 amide bonds. The topological polar surface area (TPSA) is 25.8 Å². The van der Waals surface area contributed by atoms with Gasteiger partial charge in [0.1, 0.15) is 0 Å². The molecule has 0 saturated heterocycles. The van der Waals surface area contributed by atoms with Crippen LogP contribution in [0.4, 0.5) is 0 Å². The Morgan fingerprint density at radius 1 is 1.00 bits per heavy atom. The van der Waals surface area contributed by atoms with Crippen LogP contribution in [-0.2, 0) is 0 Å². The molecule has 0 radical (unpaired) electrons. The van der Waals surface area contributed by atoms with Crippen molar-refractivity contribution in [1.82, 2.24) is 9.97 Å². The van der Waals surface area contributed by atoms with Gasteiger partial charge in [0.25, 0.3) is 0 Å². The third-order valence-electron chi connectivity index (χ3n) is 2.45. The van der Waals surface area contributed by atoms with Crippen molar-refractivity contribution >= 4 is 23.2 Å². The van der Waals surface area contributed by atoms with Gasteiger partial charge in [-0.1, -0.05) is 37.6 Å². The van der Waals surface area contributed by atoms with Gasteiger partial charge >= 0.3 is 0 Å². The van der Waals surface area contributed by atoms with Crippen LogP contribution in [0, 0.1) is 0 Å². The molecule has 0 aliphatic carbocycles. The molecule has 0 bridgehead atoms. The molecule has 88 valence electrons. The summed E-state index contributed by atoms with van der Waals surface area (Å²) in [6.45, 7) is 4.15.